The van der Waals surface area contributed by atoms with Crippen molar-refractivity contribution in [2.24, 2.45) is 5.92 Å². The quantitative estimate of drug-likeness (QED) is 0.627. The molecule has 1 aromatic carbocycles. The summed E-state index contributed by atoms with van der Waals surface area (Å²) in [7, 11) is 0. The number of hydrogen-bond donors (Lipinski definition) is 2. The van der Waals surface area contributed by atoms with Gasteiger partial charge in [-0.25, -0.2) is 0 Å². The van der Waals surface area contributed by atoms with Gasteiger partial charge in [-0.05, 0) is 17.9 Å². The summed E-state index contributed by atoms with van der Waals surface area (Å²) in [4.78, 5) is 22.5. The largest absolute Gasteiger partial charge is 0.273 e. The van der Waals surface area contributed by atoms with Crippen molar-refractivity contribution in [2.45, 2.75) is 12.3 Å². The molecule has 0 aromatic heterocycles. The number of halogens is 1. The fraction of sp³-hybridized carbons (Fsp3) is 0.333. The third-order valence-corrected chi connectivity index (χ3v) is 3.04. The number of alkyl halides is 1. The van der Waals surface area contributed by atoms with E-state index < -0.39 is 5.91 Å². The van der Waals surface area contributed by atoms with Crippen LogP contribution in [0, 0.1) is 5.92 Å². The van der Waals surface area contributed by atoms with Crippen molar-refractivity contribution in [1.29, 1.82) is 0 Å². The first-order valence-electron chi connectivity index (χ1n) is 5.42. The molecule has 2 rings (SSSR count). The minimum atomic E-state index is -0.406. The van der Waals surface area contributed by atoms with Gasteiger partial charge in [-0.2, -0.15) is 0 Å². The summed E-state index contributed by atoms with van der Waals surface area (Å²) in [6, 6.07) is 9.88. The summed E-state index contributed by atoms with van der Waals surface area (Å²) >= 11 is 5.29. The van der Waals surface area contributed by atoms with Gasteiger partial charge in [0.25, 0.3) is 5.91 Å². The average molecular weight is 253 g/mol. The molecule has 0 bridgehead atoms. The molecule has 1 saturated carbocycles. The maximum atomic E-state index is 11.6. The topological polar surface area (TPSA) is 58.2 Å². The van der Waals surface area contributed by atoms with Crippen molar-refractivity contribution in [1.82, 2.24) is 10.9 Å². The zero-order chi connectivity index (χ0) is 12.3. The molecular weight excluding hydrogens is 240 g/mol. The van der Waals surface area contributed by atoms with Gasteiger partial charge in [0, 0.05) is 5.92 Å². The van der Waals surface area contributed by atoms with Crippen LogP contribution in [-0.2, 0) is 9.59 Å². The van der Waals surface area contributed by atoms with Crippen molar-refractivity contribution in [2.75, 3.05) is 5.88 Å². The zero-order valence-electron chi connectivity index (χ0n) is 9.15. The van der Waals surface area contributed by atoms with Crippen LogP contribution in [0.1, 0.15) is 17.9 Å². The van der Waals surface area contributed by atoms with Gasteiger partial charge in [-0.1, -0.05) is 30.3 Å². The summed E-state index contributed by atoms with van der Waals surface area (Å²) in [5.74, 6) is -0.501. The second-order valence-corrected chi connectivity index (χ2v) is 4.30. The van der Waals surface area contributed by atoms with Crippen molar-refractivity contribution in [3.05, 3.63) is 35.9 Å². The Morgan fingerprint density at radius 2 is 1.94 bits per heavy atom. The first-order chi connectivity index (χ1) is 8.22. The predicted molar refractivity (Wildman–Crippen MR) is 64.3 cm³/mol. The fourth-order valence-electron chi connectivity index (χ4n) is 1.81. The molecular formula is C12H13ClN2O2. The van der Waals surface area contributed by atoms with Crippen LogP contribution in [0.5, 0.6) is 0 Å². The summed E-state index contributed by atoms with van der Waals surface area (Å²) in [6.07, 6.45) is 0.826. The SMILES string of the molecule is O=C(CCl)NNC(=O)[C@@H]1C[C@H]1c1ccccc1. The van der Waals surface area contributed by atoms with E-state index >= 15 is 0 Å². The molecule has 90 valence electrons. The lowest BCUT2D eigenvalue weighted by molar-refractivity contribution is -0.128. The standard InChI is InChI=1S/C12H13ClN2O2/c13-7-11(16)14-15-12(17)10-6-9(10)8-4-2-1-3-5-8/h1-5,9-10H,6-7H2,(H,14,16)(H,15,17)/t9-,10+/m0/s1. The molecule has 2 atom stereocenters. The Labute approximate surface area is 104 Å². The Bertz CT molecular complexity index is 422. The Balaban J connectivity index is 1.83. The number of benzene rings is 1. The normalized spacial score (nSPS) is 21.7. The van der Waals surface area contributed by atoms with Crippen LogP contribution in [0.4, 0.5) is 0 Å². The van der Waals surface area contributed by atoms with E-state index in [2.05, 4.69) is 10.9 Å². The molecule has 17 heavy (non-hydrogen) atoms. The molecule has 5 heteroatoms. The number of amides is 2. The van der Waals surface area contributed by atoms with E-state index in [4.69, 9.17) is 11.6 Å². The summed E-state index contributed by atoms with van der Waals surface area (Å²) in [6.45, 7) is 0. The van der Waals surface area contributed by atoms with Gasteiger partial charge in [0.15, 0.2) is 0 Å². The number of nitrogens with one attached hydrogen (secondary N) is 2. The molecule has 0 spiro atoms. The Morgan fingerprint density at radius 3 is 2.59 bits per heavy atom. The molecule has 1 aliphatic carbocycles. The lowest BCUT2D eigenvalue weighted by Crippen LogP contribution is -2.43. The molecule has 2 amide bonds. The highest BCUT2D eigenvalue weighted by atomic mass is 35.5. The summed E-state index contributed by atoms with van der Waals surface area (Å²) < 4.78 is 0. The highest BCUT2D eigenvalue weighted by Crippen LogP contribution is 2.47. The van der Waals surface area contributed by atoms with E-state index in [0.29, 0.717) is 0 Å². The maximum Gasteiger partial charge on any atom is 0.253 e. The van der Waals surface area contributed by atoms with E-state index in [1.807, 2.05) is 30.3 Å². The molecule has 1 fully saturated rings. The summed E-state index contributed by atoms with van der Waals surface area (Å²) in [5, 5.41) is 0. The van der Waals surface area contributed by atoms with Crippen LogP contribution in [0.2, 0.25) is 0 Å². The minimum absolute atomic E-state index is 0.0481. The predicted octanol–water partition coefficient (Wildman–Crippen LogP) is 1.18. The van der Waals surface area contributed by atoms with Crippen LogP contribution in [0.3, 0.4) is 0 Å². The first-order valence-corrected chi connectivity index (χ1v) is 5.95. The molecule has 0 aliphatic heterocycles. The zero-order valence-corrected chi connectivity index (χ0v) is 9.91. The number of hydrogen-bond acceptors (Lipinski definition) is 2. The van der Waals surface area contributed by atoms with E-state index in [0.717, 1.165) is 12.0 Å². The van der Waals surface area contributed by atoms with Crippen LogP contribution in [0.15, 0.2) is 30.3 Å². The van der Waals surface area contributed by atoms with Gasteiger partial charge in [0.1, 0.15) is 5.88 Å². The number of rotatable bonds is 3. The molecule has 0 saturated heterocycles. The third kappa shape index (κ3) is 2.97. The minimum Gasteiger partial charge on any atom is -0.273 e. The molecule has 0 heterocycles. The van der Waals surface area contributed by atoms with E-state index in [1.165, 1.54) is 0 Å². The number of hydrazine groups is 1. The smallest absolute Gasteiger partial charge is 0.253 e. The molecule has 4 nitrogen and oxygen atoms in total. The monoisotopic (exact) mass is 252 g/mol. The van der Waals surface area contributed by atoms with Crippen LogP contribution < -0.4 is 10.9 Å². The number of carbonyl (C=O) groups excluding carboxylic acids is 2. The molecule has 2 N–H and O–H groups in total. The van der Waals surface area contributed by atoms with Gasteiger partial charge in [0.2, 0.25) is 5.91 Å². The lowest BCUT2D eigenvalue weighted by Gasteiger charge is -2.05. The summed E-state index contributed by atoms with van der Waals surface area (Å²) in [5.41, 5.74) is 5.79. The highest BCUT2D eigenvalue weighted by Gasteiger charge is 2.43. The van der Waals surface area contributed by atoms with E-state index in [9.17, 15) is 9.59 Å². The van der Waals surface area contributed by atoms with Gasteiger partial charge in [-0.15, -0.1) is 11.6 Å². The molecule has 0 unspecified atom stereocenters. The fourth-order valence-corrected chi connectivity index (χ4v) is 1.88. The van der Waals surface area contributed by atoms with Gasteiger partial charge in [-0.3, -0.25) is 20.4 Å². The second kappa shape index (κ2) is 5.19. The Kier molecular flexibility index (Phi) is 3.64. The van der Waals surface area contributed by atoms with Crippen molar-refractivity contribution < 1.29 is 9.59 Å². The second-order valence-electron chi connectivity index (χ2n) is 4.03. The van der Waals surface area contributed by atoms with Crippen molar-refractivity contribution >= 4 is 23.4 Å². The third-order valence-electron chi connectivity index (χ3n) is 2.80. The van der Waals surface area contributed by atoms with E-state index in [1.54, 1.807) is 0 Å². The molecule has 1 aromatic rings. The van der Waals surface area contributed by atoms with Gasteiger partial charge >= 0.3 is 0 Å². The van der Waals surface area contributed by atoms with Crippen molar-refractivity contribution in [3.8, 4) is 0 Å². The Morgan fingerprint density at radius 1 is 1.24 bits per heavy atom. The van der Waals surface area contributed by atoms with Gasteiger partial charge < -0.3 is 0 Å². The van der Waals surface area contributed by atoms with Crippen molar-refractivity contribution in [3.63, 3.8) is 0 Å². The van der Waals surface area contributed by atoms with E-state index in [-0.39, 0.29) is 23.6 Å². The van der Waals surface area contributed by atoms with Gasteiger partial charge in [0.05, 0.1) is 0 Å². The maximum absolute atomic E-state index is 11.6. The first kappa shape index (κ1) is 11.9. The van der Waals surface area contributed by atoms with Crippen LogP contribution in [-0.4, -0.2) is 17.7 Å². The lowest BCUT2D eigenvalue weighted by atomic mass is 10.1. The molecule has 0 radical (unpaired) electrons. The van der Waals surface area contributed by atoms with Crippen LogP contribution in [0.25, 0.3) is 0 Å². The van der Waals surface area contributed by atoms with Crippen LogP contribution >= 0.6 is 11.6 Å². The highest BCUT2D eigenvalue weighted by molar-refractivity contribution is 6.27. The average Bonchev–Trinajstić information content (AvgIpc) is 3.17. The molecule has 1 aliphatic rings. The Hall–Kier alpha value is -1.55. The number of carbonyl (C=O) groups is 2.